The molecule has 0 aliphatic heterocycles. The van der Waals surface area contributed by atoms with Crippen LogP contribution in [0.1, 0.15) is 20.3 Å². The average Bonchev–Trinajstić information content (AvgIpc) is 2.14. The third-order valence-electron chi connectivity index (χ3n) is 1.86. The zero-order valence-electron chi connectivity index (χ0n) is 7.20. The highest BCUT2D eigenvalue weighted by molar-refractivity contribution is 5.32. The summed E-state index contributed by atoms with van der Waals surface area (Å²) in [5, 5.41) is 10.5. The van der Waals surface area contributed by atoms with Crippen LogP contribution in [-0.2, 0) is 0 Å². The van der Waals surface area contributed by atoms with Crippen molar-refractivity contribution in [3.05, 3.63) is 45.2 Å². The summed E-state index contributed by atoms with van der Waals surface area (Å²) in [6.07, 6.45) is 6.05. The summed E-state index contributed by atoms with van der Waals surface area (Å²) in [5.41, 5.74) is 2.09. The van der Waals surface area contributed by atoms with Crippen molar-refractivity contribution in [2.45, 2.75) is 20.3 Å². The zero-order chi connectivity index (χ0) is 9.14. The van der Waals surface area contributed by atoms with E-state index in [4.69, 9.17) is 0 Å². The summed E-state index contributed by atoms with van der Waals surface area (Å²) in [7, 11) is 0. The minimum absolute atomic E-state index is 0.201. The van der Waals surface area contributed by atoms with Crippen LogP contribution in [0.4, 0.5) is 0 Å². The van der Waals surface area contributed by atoms with Crippen molar-refractivity contribution in [1.82, 2.24) is 0 Å². The van der Waals surface area contributed by atoms with Gasteiger partial charge in [-0.1, -0.05) is 17.7 Å². The van der Waals surface area contributed by atoms with Gasteiger partial charge in [0.15, 0.2) is 0 Å². The lowest BCUT2D eigenvalue weighted by molar-refractivity contribution is -0.420. The maximum atomic E-state index is 10.5. The molecule has 64 valence electrons. The van der Waals surface area contributed by atoms with Gasteiger partial charge in [0.2, 0.25) is 0 Å². The van der Waals surface area contributed by atoms with E-state index >= 15 is 0 Å². The molecule has 1 rings (SSSR count). The molecule has 0 saturated heterocycles. The lowest BCUT2D eigenvalue weighted by Crippen LogP contribution is -1.98. The minimum atomic E-state index is -0.346. The molecule has 3 nitrogen and oxygen atoms in total. The molecule has 0 bridgehead atoms. The fourth-order valence-corrected chi connectivity index (χ4v) is 1.04. The summed E-state index contributed by atoms with van der Waals surface area (Å²) in [6.45, 7) is 3.73. The standard InChI is InChI=1S/C9H11NO2/c1-7-3-5-8(2)9(6-4-7)10(11)12/h4-6H,3H2,1-2H3. The van der Waals surface area contributed by atoms with Crippen LogP contribution in [0.25, 0.3) is 0 Å². The highest BCUT2D eigenvalue weighted by atomic mass is 16.6. The average molecular weight is 165 g/mol. The van der Waals surface area contributed by atoms with Gasteiger partial charge in [0.25, 0.3) is 5.70 Å². The molecule has 3 heteroatoms. The van der Waals surface area contributed by atoms with Crippen LogP contribution >= 0.6 is 0 Å². The molecule has 0 fully saturated rings. The van der Waals surface area contributed by atoms with E-state index in [9.17, 15) is 10.1 Å². The highest BCUT2D eigenvalue weighted by Gasteiger charge is 2.13. The molecular weight excluding hydrogens is 154 g/mol. The first-order valence-corrected chi connectivity index (χ1v) is 3.80. The van der Waals surface area contributed by atoms with Crippen LogP contribution < -0.4 is 0 Å². The Balaban J connectivity index is 3.04. The summed E-state index contributed by atoms with van der Waals surface area (Å²) in [4.78, 5) is 10.1. The third kappa shape index (κ3) is 1.81. The number of nitro groups is 1. The first kappa shape index (κ1) is 8.71. The van der Waals surface area contributed by atoms with Crippen molar-refractivity contribution in [1.29, 1.82) is 0 Å². The zero-order valence-corrected chi connectivity index (χ0v) is 7.20. The Morgan fingerprint density at radius 1 is 1.42 bits per heavy atom. The van der Waals surface area contributed by atoms with Gasteiger partial charge in [-0.3, -0.25) is 10.1 Å². The van der Waals surface area contributed by atoms with E-state index in [1.807, 2.05) is 13.0 Å². The van der Waals surface area contributed by atoms with Gasteiger partial charge in [0.05, 0.1) is 4.92 Å². The normalized spacial score (nSPS) is 17.3. The quantitative estimate of drug-likeness (QED) is 0.442. The van der Waals surface area contributed by atoms with E-state index < -0.39 is 0 Å². The summed E-state index contributed by atoms with van der Waals surface area (Å²) in [6, 6.07) is 0. The van der Waals surface area contributed by atoms with Gasteiger partial charge in [0, 0.05) is 11.6 Å². The van der Waals surface area contributed by atoms with Crippen LogP contribution in [0.2, 0.25) is 0 Å². The van der Waals surface area contributed by atoms with Gasteiger partial charge in [-0.25, -0.2) is 0 Å². The number of allylic oxidation sites excluding steroid dienone is 5. The molecule has 1 aliphatic rings. The monoisotopic (exact) mass is 165 g/mol. The molecule has 0 heterocycles. The molecule has 1 aliphatic carbocycles. The van der Waals surface area contributed by atoms with Crippen molar-refractivity contribution in [3.8, 4) is 0 Å². The fourth-order valence-electron chi connectivity index (χ4n) is 1.04. The topological polar surface area (TPSA) is 43.1 Å². The molecule has 0 spiro atoms. The van der Waals surface area contributed by atoms with E-state index in [1.54, 1.807) is 19.1 Å². The SMILES string of the molecule is CC1=CC=C([N+](=O)[O-])C(C)=CC1. The summed E-state index contributed by atoms with van der Waals surface area (Å²) < 4.78 is 0. The number of hydrogen-bond acceptors (Lipinski definition) is 2. The van der Waals surface area contributed by atoms with Crippen LogP contribution in [-0.4, -0.2) is 4.92 Å². The van der Waals surface area contributed by atoms with E-state index in [0.29, 0.717) is 0 Å². The molecule has 0 amide bonds. The maximum Gasteiger partial charge on any atom is 0.271 e. The third-order valence-corrected chi connectivity index (χ3v) is 1.86. The second-order valence-electron chi connectivity index (χ2n) is 2.91. The van der Waals surface area contributed by atoms with E-state index in [-0.39, 0.29) is 10.6 Å². The minimum Gasteiger partial charge on any atom is -0.258 e. The van der Waals surface area contributed by atoms with Crippen LogP contribution in [0.3, 0.4) is 0 Å². The van der Waals surface area contributed by atoms with E-state index in [1.165, 1.54) is 0 Å². The van der Waals surface area contributed by atoms with Crippen molar-refractivity contribution in [2.75, 3.05) is 0 Å². The summed E-state index contributed by atoms with van der Waals surface area (Å²) >= 11 is 0. The molecule has 0 aromatic heterocycles. The van der Waals surface area contributed by atoms with E-state index in [2.05, 4.69) is 0 Å². The van der Waals surface area contributed by atoms with Crippen molar-refractivity contribution in [2.24, 2.45) is 0 Å². The second kappa shape index (κ2) is 3.34. The van der Waals surface area contributed by atoms with Crippen LogP contribution in [0, 0.1) is 10.1 Å². The largest absolute Gasteiger partial charge is 0.271 e. The van der Waals surface area contributed by atoms with Crippen molar-refractivity contribution in [3.63, 3.8) is 0 Å². The van der Waals surface area contributed by atoms with Crippen molar-refractivity contribution >= 4 is 0 Å². The molecule has 0 saturated carbocycles. The molecule has 0 unspecified atom stereocenters. The van der Waals surface area contributed by atoms with Gasteiger partial charge in [-0.2, -0.15) is 0 Å². The second-order valence-corrected chi connectivity index (χ2v) is 2.91. The lowest BCUT2D eigenvalue weighted by atomic mass is 10.2. The number of hydrogen-bond donors (Lipinski definition) is 0. The molecular formula is C9H11NO2. The van der Waals surface area contributed by atoms with Crippen molar-refractivity contribution < 1.29 is 4.92 Å². The Labute approximate surface area is 71.2 Å². The Morgan fingerprint density at radius 3 is 2.67 bits per heavy atom. The number of nitrogens with zero attached hydrogens (tertiary/aromatic N) is 1. The van der Waals surface area contributed by atoms with E-state index in [0.717, 1.165) is 17.6 Å². The van der Waals surface area contributed by atoms with Gasteiger partial charge >= 0.3 is 0 Å². The smallest absolute Gasteiger partial charge is 0.258 e. The van der Waals surface area contributed by atoms with Gasteiger partial charge in [0.1, 0.15) is 0 Å². The van der Waals surface area contributed by atoms with Gasteiger partial charge in [-0.05, 0) is 20.3 Å². The molecule has 0 N–H and O–H groups in total. The molecule has 0 radical (unpaired) electrons. The first-order chi connectivity index (χ1) is 5.61. The van der Waals surface area contributed by atoms with Crippen LogP contribution in [0.15, 0.2) is 35.1 Å². The fraction of sp³-hybridized carbons (Fsp3) is 0.333. The molecule has 0 aromatic rings. The first-order valence-electron chi connectivity index (χ1n) is 3.80. The Kier molecular flexibility index (Phi) is 2.43. The Bertz CT molecular complexity index is 298. The van der Waals surface area contributed by atoms with Crippen LogP contribution in [0.5, 0.6) is 0 Å². The van der Waals surface area contributed by atoms with Gasteiger partial charge < -0.3 is 0 Å². The molecule has 12 heavy (non-hydrogen) atoms. The Morgan fingerprint density at radius 2 is 2.08 bits per heavy atom. The lowest BCUT2D eigenvalue weighted by Gasteiger charge is -1.94. The number of rotatable bonds is 1. The van der Waals surface area contributed by atoms with Gasteiger partial charge in [-0.15, -0.1) is 0 Å². The Hall–Kier alpha value is -1.38. The predicted octanol–water partition coefficient (Wildman–Crippen LogP) is 2.44. The summed E-state index contributed by atoms with van der Waals surface area (Å²) in [5.74, 6) is 0. The molecule has 0 aromatic carbocycles. The predicted molar refractivity (Wildman–Crippen MR) is 47.2 cm³/mol. The highest BCUT2D eigenvalue weighted by Crippen LogP contribution is 2.17. The molecule has 0 atom stereocenters. The maximum absolute atomic E-state index is 10.5.